The van der Waals surface area contributed by atoms with Gasteiger partial charge >= 0.3 is 29.6 Å². The van der Waals surface area contributed by atoms with Crippen LogP contribution in [0, 0.1) is 0 Å². The molecule has 0 N–H and O–H groups in total. The molecular formula is C5H8NNaO3S. The summed E-state index contributed by atoms with van der Waals surface area (Å²) in [6, 6.07) is 0. The quantitative estimate of drug-likeness (QED) is 0.358. The molecule has 0 aromatic carbocycles. The van der Waals surface area contributed by atoms with E-state index in [1.54, 1.807) is 6.92 Å². The summed E-state index contributed by atoms with van der Waals surface area (Å²) in [5.41, 5.74) is 0. The van der Waals surface area contributed by atoms with E-state index in [0.29, 0.717) is 0 Å². The second kappa shape index (κ2) is 6.97. The third-order valence-corrected chi connectivity index (χ3v) is 1.23. The van der Waals surface area contributed by atoms with E-state index in [2.05, 4.69) is 12.8 Å². The number of carboxylic acids is 1. The van der Waals surface area contributed by atoms with Gasteiger partial charge in [0.2, 0.25) is 5.91 Å². The van der Waals surface area contributed by atoms with Crippen LogP contribution in [0.1, 0.15) is 13.3 Å². The summed E-state index contributed by atoms with van der Waals surface area (Å²) in [6.45, 7) is 1.16. The van der Waals surface area contributed by atoms with E-state index in [1.165, 1.54) is 0 Å². The first-order valence-electron chi connectivity index (χ1n) is 2.77. The third kappa shape index (κ3) is 6.68. The standard InChI is InChI=1S/C5H9NO3S.Na/c1-2-4(7)6(10)3-5(8)9;/h10H,2-3H2,1H3,(H,8,9);/q;+1/p-1. The summed E-state index contributed by atoms with van der Waals surface area (Å²) >= 11 is 3.61. The molecule has 0 bridgehead atoms. The Morgan fingerprint density at radius 1 is 1.55 bits per heavy atom. The van der Waals surface area contributed by atoms with E-state index in [1.807, 2.05) is 0 Å². The number of hydrogen-bond donors (Lipinski definition) is 1. The molecule has 0 saturated carbocycles. The minimum atomic E-state index is -1.31. The van der Waals surface area contributed by atoms with Gasteiger partial charge in [0.25, 0.3) is 0 Å². The van der Waals surface area contributed by atoms with Crippen LogP contribution in [-0.2, 0) is 9.59 Å². The van der Waals surface area contributed by atoms with Gasteiger partial charge in [-0.15, -0.1) is 0 Å². The summed E-state index contributed by atoms with van der Waals surface area (Å²) in [7, 11) is 0. The molecule has 0 heterocycles. The Morgan fingerprint density at radius 2 is 2.00 bits per heavy atom. The molecule has 0 aromatic rings. The molecule has 0 aliphatic heterocycles. The number of carbonyl (C=O) groups is 2. The van der Waals surface area contributed by atoms with Crippen molar-refractivity contribution in [1.82, 2.24) is 4.31 Å². The number of thiol groups is 1. The van der Waals surface area contributed by atoms with Crippen LogP contribution in [0.4, 0.5) is 0 Å². The van der Waals surface area contributed by atoms with Crippen molar-refractivity contribution in [3.8, 4) is 0 Å². The van der Waals surface area contributed by atoms with Crippen LogP contribution in [0.3, 0.4) is 0 Å². The average molecular weight is 185 g/mol. The van der Waals surface area contributed by atoms with Crippen LogP contribution in [0.25, 0.3) is 0 Å². The van der Waals surface area contributed by atoms with Crippen LogP contribution < -0.4 is 34.7 Å². The molecule has 0 aromatic heterocycles. The largest absolute Gasteiger partial charge is 1.00 e. The topological polar surface area (TPSA) is 60.4 Å². The maximum atomic E-state index is 10.6. The van der Waals surface area contributed by atoms with Gasteiger partial charge in [-0.2, -0.15) is 0 Å². The molecule has 0 rings (SSSR count). The Balaban J connectivity index is 0. The minimum Gasteiger partial charge on any atom is -0.548 e. The smallest absolute Gasteiger partial charge is 0.548 e. The monoisotopic (exact) mass is 185 g/mol. The van der Waals surface area contributed by atoms with Gasteiger partial charge in [0.1, 0.15) is 0 Å². The van der Waals surface area contributed by atoms with Crippen LogP contribution in [0.2, 0.25) is 0 Å². The van der Waals surface area contributed by atoms with Crippen LogP contribution in [0.5, 0.6) is 0 Å². The molecule has 1 amide bonds. The van der Waals surface area contributed by atoms with E-state index < -0.39 is 12.5 Å². The molecule has 0 radical (unpaired) electrons. The van der Waals surface area contributed by atoms with Crippen LogP contribution in [0.15, 0.2) is 0 Å². The molecule has 0 atom stereocenters. The molecule has 0 aliphatic rings. The maximum absolute atomic E-state index is 10.6. The van der Waals surface area contributed by atoms with E-state index >= 15 is 0 Å². The Hall–Kier alpha value is 0.290. The Labute approximate surface area is 92.8 Å². The number of nitrogens with zero attached hydrogens (tertiary/aromatic N) is 1. The van der Waals surface area contributed by atoms with Crippen molar-refractivity contribution in [3.05, 3.63) is 0 Å². The zero-order chi connectivity index (χ0) is 8.15. The van der Waals surface area contributed by atoms with Crippen molar-refractivity contribution < 1.29 is 44.3 Å². The SMILES string of the molecule is CCC(=O)N(S)CC(=O)[O-].[Na+]. The van der Waals surface area contributed by atoms with Gasteiger partial charge in [-0.05, 0) is 0 Å². The molecule has 0 spiro atoms. The zero-order valence-electron chi connectivity index (χ0n) is 6.53. The molecule has 0 unspecified atom stereocenters. The molecule has 11 heavy (non-hydrogen) atoms. The summed E-state index contributed by atoms with van der Waals surface area (Å²) in [5, 5.41) is 9.88. The van der Waals surface area contributed by atoms with Crippen molar-refractivity contribution in [1.29, 1.82) is 0 Å². The van der Waals surface area contributed by atoms with Crippen molar-refractivity contribution in [3.63, 3.8) is 0 Å². The Morgan fingerprint density at radius 3 is 2.27 bits per heavy atom. The van der Waals surface area contributed by atoms with Crippen molar-refractivity contribution in [2.45, 2.75) is 13.3 Å². The van der Waals surface area contributed by atoms with Crippen molar-refractivity contribution in [2.24, 2.45) is 0 Å². The first kappa shape index (κ1) is 13.9. The predicted octanol–water partition coefficient (Wildman–Crippen LogP) is -4.18. The van der Waals surface area contributed by atoms with Gasteiger partial charge in [0.05, 0.1) is 12.5 Å². The molecule has 6 heteroatoms. The fraction of sp³-hybridized carbons (Fsp3) is 0.600. The molecule has 4 nitrogen and oxygen atoms in total. The Kier molecular flexibility index (Phi) is 8.77. The summed E-state index contributed by atoms with van der Waals surface area (Å²) < 4.78 is 0.815. The first-order valence-corrected chi connectivity index (χ1v) is 3.17. The van der Waals surface area contributed by atoms with Crippen LogP contribution in [-0.4, -0.2) is 22.7 Å². The fourth-order valence-corrected chi connectivity index (χ4v) is 0.650. The molecule has 0 fully saturated rings. The number of amides is 1. The maximum Gasteiger partial charge on any atom is 1.00 e. The fourth-order valence-electron chi connectivity index (χ4n) is 0.393. The van der Waals surface area contributed by atoms with E-state index in [-0.39, 0.29) is 41.9 Å². The van der Waals surface area contributed by atoms with Crippen molar-refractivity contribution in [2.75, 3.05) is 6.54 Å². The zero-order valence-corrected chi connectivity index (χ0v) is 9.43. The second-order valence-corrected chi connectivity index (χ2v) is 2.16. The number of carboxylic acid groups (broad SMARTS) is 1. The minimum absolute atomic E-state index is 0. The molecular weight excluding hydrogens is 177 g/mol. The third-order valence-electron chi connectivity index (χ3n) is 0.869. The summed E-state index contributed by atoms with van der Waals surface area (Å²) in [4.78, 5) is 20.5. The van der Waals surface area contributed by atoms with Gasteiger partial charge in [0.15, 0.2) is 0 Å². The van der Waals surface area contributed by atoms with Gasteiger partial charge in [-0.3, -0.25) is 9.10 Å². The number of rotatable bonds is 3. The van der Waals surface area contributed by atoms with E-state index in [9.17, 15) is 14.7 Å². The average Bonchev–Trinajstić information content (AvgIpc) is 1.85. The van der Waals surface area contributed by atoms with Gasteiger partial charge in [0, 0.05) is 6.42 Å². The first-order chi connectivity index (χ1) is 4.57. The van der Waals surface area contributed by atoms with E-state index in [4.69, 9.17) is 0 Å². The second-order valence-electron chi connectivity index (χ2n) is 1.68. The van der Waals surface area contributed by atoms with Gasteiger partial charge in [-0.1, -0.05) is 19.7 Å². The van der Waals surface area contributed by atoms with Gasteiger partial charge in [-0.25, -0.2) is 0 Å². The van der Waals surface area contributed by atoms with Gasteiger partial charge < -0.3 is 9.90 Å². The van der Waals surface area contributed by atoms with Crippen molar-refractivity contribution >= 4 is 24.7 Å². The summed E-state index contributed by atoms with van der Waals surface area (Å²) in [6.07, 6.45) is 0.247. The normalized spacial score (nSPS) is 8.18. The number of hydrogen-bond acceptors (Lipinski definition) is 4. The van der Waals surface area contributed by atoms with Crippen LogP contribution >= 0.6 is 12.8 Å². The Bertz CT molecular complexity index is 153. The summed E-state index contributed by atoms with van der Waals surface area (Å²) in [5.74, 6) is -1.63. The molecule has 58 valence electrons. The number of carbonyl (C=O) groups excluding carboxylic acids is 2. The molecule has 0 saturated heterocycles. The van der Waals surface area contributed by atoms with E-state index in [0.717, 1.165) is 4.31 Å². The number of aliphatic carboxylic acids is 1. The molecule has 0 aliphatic carbocycles. The predicted molar refractivity (Wildman–Crippen MR) is 36.0 cm³/mol.